The molecule has 2 amide bonds. The lowest BCUT2D eigenvalue weighted by molar-refractivity contribution is 0.180. The van der Waals surface area contributed by atoms with Crippen molar-refractivity contribution >= 4 is 29.1 Å². The number of rotatable bonds is 5. The number of amides is 2. The Morgan fingerprint density at radius 2 is 1.81 bits per heavy atom. The van der Waals surface area contributed by atoms with Crippen molar-refractivity contribution in [3.05, 3.63) is 106 Å². The van der Waals surface area contributed by atoms with Gasteiger partial charge in [0.1, 0.15) is 5.00 Å². The molecule has 0 saturated heterocycles. The average Bonchev–Trinajstić information content (AvgIpc) is 3.51. The third-order valence-electron chi connectivity index (χ3n) is 7.40. The van der Waals surface area contributed by atoms with E-state index in [1.165, 1.54) is 44.3 Å². The molecule has 1 unspecified atom stereocenters. The minimum atomic E-state index is -0.147. The summed E-state index contributed by atoms with van der Waals surface area (Å²) in [6, 6.07) is 23.2. The molecule has 2 aromatic carbocycles. The second-order valence-corrected chi connectivity index (χ2v) is 11.5. The molecule has 4 nitrogen and oxygen atoms in total. The van der Waals surface area contributed by atoms with E-state index in [2.05, 4.69) is 87.9 Å². The van der Waals surface area contributed by atoms with Gasteiger partial charge in [-0.25, -0.2) is 4.79 Å². The molecule has 0 radical (unpaired) electrons. The maximum atomic E-state index is 13.9. The second-order valence-electron chi connectivity index (χ2n) is 9.57. The molecule has 0 bridgehead atoms. The number of aromatic nitrogens is 1. The molecule has 0 fully saturated rings. The third-order valence-corrected chi connectivity index (χ3v) is 9.48. The van der Waals surface area contributed by atoms with Gasteiger partial charge in [-0.3, -0.25) is 0 Å². The van der Waals surface area contributed by atoms with Gasteiger partial charge in [0.05, 0.1) is 18.3 Å². The van der Waals surface area contributed by atoms with Gasteiger partial charge in [0.25, 0.3) is 0 Å². The van der Waals surface area contributed by atoms with Gasteiger partial charge in [0.2, 0.25) is 0 Å². The van der Waals surface area contributed by atoms with E-state index in [1.807, 2.05) is 17.4 Å². The third kappa shape index (κ3) is 4.37. The van der Waals surface area contributed by atoms with E-state index >= 15 is 0 Å². The van der Waals surface area contributed by atoms with Gasteiger partial charge < -0.3 is 14.8 Å². The molecule has 1 atom stereocenters. The zero-order valence-corrected chi connectivity index (χ0v) is 22.2. The van der Waals surface area contributed by atoms with Crippen LogP contribution in [0.2, 0.25) is 0 Å². The summed E-state index contributed by atoms with van der Waals surface area (Å²) in [5.74, 6) is 0. The van der Waals surface area contributed by atoms with Crippen molar-refractivity contribution in [2.75, 3.05) is 12.8 Å². The number of thiophene rings is 1. The Hall–Kier alpha value is -2.96. The maximum Gasteiger partial charge on any atom is 0.318 e. The number of benzene rings is 2. The molecule has 4 aromatic rings. The van der Waals surface area contributed by atoms with Crippen LogP contribution in [0, 0.1) is 0 Å². The van der Waals surface area contributed by atoms with Crippen molar-refractivity contribution in [1.82, 2.24) is 14.8 Å². The predicted octanol–water partition coefficient (Wildman–Crippen LogP) is 7.00. The van der Waals surface area contributed by atoms with Crippen LogP contribution in [0.3, 0.4) is 0 Å². The molecule has 1 N–H and O–H groups in total. The number of hydrogen-bond acceptors (Lipinski definition) is 3. The summed E-state index contributed by atoms with van der Waals surface area (Å²) in [6.45, 7) is 1.25. The average molecular weight is 514 g/mol. The van der Waals surface area contributed by atoms with E-state index in [9.17, 15) is 4.79 Å². The summed E-state index contributed by atoms with van der Waals surface area (Å²) in [5.41, 5.74) is 6.37. The molecule has 1 aliphatic heterocycles. The van der Waals surface area contributed by atoms with Gasteiger partial charge in [0, 0.05) is 28.1 Å². The number of aryl methyl sites for hydroxylation is 1. The highest BCUT2D eigenvalue weighted by Gasteiger charge is 2.35. The smallest absolute Gasteiger partial charge is 0.318 e. The Morgan fingerprint density at radius 3 is 2.61 bits per heavy atom. The van der Waals surface area contributed by atoms with Gasteiger partial charge in [-0.15, -0.1) is 23.1 Å². The lowest BCUT2D eigenvalue weighted by Crippen LogP contribution is -2.42. The molecule has 0 spiro atoms. The summed E-state index contributed by atoms with van der Waals surface area (Å²) in [7, 11) is 0. The second kappa shape index (κ2) is 10.2. The molecule has 1 aliphatic carbocycles. The molecule has 2 aromatic heterocycles. The first kappa shape index (κ1) is 23.4. The summed E-state index contributed by atoms with van der Waals surface area (Å²) >= 11 is 3.67. The quantitative estimate of drug-likeness (QED) is 0.292. The van der Waals surface area contributed by atoms with Crippen molar-refractivity contribution in [3.63, 3.8) is 0 Å². The predicted molar refractivity (Wildman–Crippen MR) is 149 cm³/mol. The van der Waals surface area contributed by atoms with Crippen LogP contribution in [-0.4, -0.2) is 28.3 Å². The van der Waals surface area contributed by atoms with Gasteiger partial charge in [-0.2, -0.15) is 0 Å². The lowest BCUT2D eigenvalue weighted by atomic mass is 9.95. The molecular formula is C30H31N3OS2. The van der Waals surface area contributed by atoms with Crippen LogP contribution in [0.4, 0.5) is 4.79 Å². The van der Waals surface area contributed by atoms with Crippen molar-refractivity contribution in [1.29, 1.82) is 0 Å². The Balaban J connectivity index is 1.38. The zero-order valence-electron chi connectivity index (χ0n) is 20.6. The summed E-state index contributed by atoms with van der Waals surface area (Å²) in [6.07, 6.45) is 9.87. The van der Waals surface area contributed by atoms with E-state index in [4.69, 9.17) is 0 Å². The zero-order chi connectivity index (χ0) is 24.5. The highest BCUT2D eigenvalue weighted by atomic mass is 32.2. The molecule has 0 saturated carbocycles. The first-order valence-corrected chi connectivity index (χ1v) is 14.8. The number of urea groups is 1. The molecular weight excluding hydrogens is 482 g/mol. The number of thioether (sulfide) groups is 1. The van der Waals surface area contributed by atoms with E-state index in [-0.39, 0.29) is 12.1 Å². The SMILES string of the molecule is CSc1ccc(C2c3cccn3-c3sc4c(c3CN2C(=O)NCCc2ccccc2)CCCC4)cc1. The van der Waals surface area contributed by atoms with E-state index in [0.717, 1.165) is 30.5 Å². The Kier molecular flexibility index (Phi) is 6.63. The largest absolute Gasteiger partial charge is 0.338 e. The van der Waals surface area contributed by atoms with Crippen LogP contribution in [0.5, 0.6) is 0 Å². The highest BCUT2D eigenvalue weighted by Crippen LogP contribution is 2.44. The molecule has 184 valence electrons. The highest BCUT2D eigenvalue weighted by molar-refractivity contribution is 7.98. The molecule has 36 heavy (non-hydrogen) atoms. The number of carbonyl (C=O) groups excluding carboxylic acids is 1. The van der Waals surface area contributed by atoms with Gasteiger partial charge in [-0.1, -0.05) is 42.5 Å². The van der Waals surface area contributed by atoms with Crippen molar-refractivity contribution in [3.8, 4) is 5.00 Å². The van der Waals surface area contributed by atoms with Gasteiger partial charge >= 0.3 is 6.03 Å². The standard InChI is InChI=1S/C30H31N3OS2/c1-35-23-15-13-22(14-16-23)28-26-11-7-19-32(26)29-25(24-10-5-6-12-27(24)36-29)20-33(28)30(34)31-18-17-21-8-3-2-4-9-21/h2-4,7-9,11,13-16,19,28H,5-6,10,12,17-18,20H2,1H3,(H,31,34). The topological polar surface area (TPSA) is 37.3 Å². The normalized spacial score (nSPS) is 16.6. The van der Waals surface area contributed by atoms with Crippen LogP contribution in [0.1, 0.15) is 51.7 Å². The number of nitrogens with one attached hydrogen (secondary N) is 1. The Bertz CT molecular complexity index is 1360. The Labute approximate surface area is 221 Å². The first-order chi connectivity index (χ1) is 17.7. The summed E-state index contributed by atoms with van der Waals surface area (Å²) < 4.78 is 2.35. The fourth-order valence-corrected chi connectivity index (χ4v) is 7.40. The van der Waals surface area contributed by atoms with Crippen LogP contribution in [-0.2, 0) is 25.8 Å². The van der Waals surface area contributed by atoms with E-state index < -0.39 is 0 Å². The van der Waals surface area contributed by atoms with Crippen LogP contribution >= 0.6 is 23.1 Å². The van der Waals surface area contributed by atoms with Crippen LogP contribution in [0.25, 0.3) is 5.00 Å². The summed E-state index contributed by atoms with van der Waals surface area (Å²) in [5, 5.41) is 4.55. The molecule has 6 rings (SSSR count). The molecule has 6 heteroatoms. The monoisotopic (exact) mass is 513 g/mol. The molecule has 3 heterocycles. The maximum absolute atomic E-state index is 13.9. The van der Waals surface area contributed by atoms with Gasteiger partial charge in [0.15, 0.2) is 0 Å². The van der Waals surface area contributed by atoms with Crippen LogP contribution in [0.15, 0.2) is 77.8 Å². The number of fused-ring (bicyclic) bond motifs is 5. The fraction of sp³-hybridized carbons (Fsp3) is 0.300. The first-order valence-electron chi connectivity index (χ1n) is 12.8. The van der Waals surface area contributed by atoms with Gasteiger partial charge in [-0.05, 0) is 79.3 Å². The lowest BCUT2D eigenvalue weighted by Gasteiger charge is -2.31. The molecule has 2 aliphatic rings. The minimum absolute atomic E-state index is 0.00114. The minimum Gasteiger partial charge on any atom is -0.338 e. The Morgan fingerprint density at radius 1 is 1.00 bits per heavy atom. The fourth-order valence-electron chi connectivity index (χ4n) is 5.58. The number of hydrogen-bond donors (Lipinski definition) is 1. The number of carbonyl (C=O) groups is 1. The van der Waals surface area contributed by atoms with Crippen molar-refractivity contribution < 1.29 is 4.79 Å². The van der Waals surface area contributed by atoms with Crippen LogP contribution < -0.4 is 5.32 Å². The van der Waals surface area contributed by atoms with Crippen molar-refractivity contribution in [2.24, 2.45) is 0 Å². The van der Waals surface area contributed by atoms with E-state index in [1.54, 1.807) is 11.8 Å². The van der Waals surface area contributed by atoms with Crippen molar-refractivity contribution in [2.45, 2.75) is 49.6 Å². The number of nitrogens with zero attached hydrogens (tertiary/aromatic N) is 2. The van der Waals surface area contributed by atoms with E-state index in [0.29, 0.717) is 13.1 Å². The summed E-state index contributed by atoms with van der Waals surface area (Å²) in [4.78, 5) is 18.7.